The molecule has 0 aliphatic rings. The molecule has 3 amide bonds. The predicted molar refractivity (Wildman–Crippen MR) is 78.0 cm³/mol. The van der Waals surface area contributed by atoms with Gasteiger partial charge in [-0.25, -0.2) is 4.79 Å². The molecule has 112 valence electrons. The number of nitriles is 1. The number of ether oxygens (including phenoxy) is 1. The van der Waals surface area contributed by atoms with E-state index >= 15 is 0 Å². The van der Waals surface area contributed by atoms with Crippen molar-refractivity contribution in [1.82, 2.24) is 10.6 Å². The zero-order chi connectivity index (χ0) is 15.8. The van der Waals surface area contributed by atoms with Gasteiger partial charge in [0.05, 0.1) is 24.4 Å². The Morgan fingerprint density at radius 2 is 2.14 bits per heavy atom. The smallest absolute Gasteiger partial charge is 0.321 e. The van der Waals surface area contributed by atoms with Crippen molar-refractivity contribution in [2.75, 3.05) is 19.0 Å². The summed E-state index contributed by atoms with van der Waals surface area (Å²) in [6.07, 6.45) is 0. The normalized spacial score (nSPS) is 11.0. The Hall–Kier alpha value is -2.75. The van der Waals surface area contributed by atoms with Crippen LogP contribution in [0.15, 0.2) is 18.2 Å². The highest BCUT2D eigenvalue weighted by atomic mass is 16.5. The fourth-order valence-corrected chi connectivity index (χ4v) is 1.60. The molecular weight excluding hydrogens is 272 g/mol. The van der Waals surface area contributed by atoms with Crippen molar-refractivity contribution in [3.05, 3.63) is 23.8 Å². The molecule has 7 heteroatoms. The first-order chi connectivity index (χ1) is 10.0. The lowest BCUT2D eigenvalue weighted by Crippen LogP contribution is -2.45. The Bertz CT molecular complexity index is 566. The lowest BCUT2D eigenvalue weighted by atomic mass is 10.2. The second kappa shape index (κ2) is 7.75. The lowest BCUT2D eigenvalue weighted by molar-refractivity contribution is -0.120. The second-order valence-electron chi connectivity index (χ2n) is 4.24. The zero-order valence-corrected chi connectivity index (χ0v) is 12.2. The van der Waals surface area contributed by atoms with Crippen molar-refractivity contribution >= 4 is 17.6 Å². The number of imide groups is 1. The van der Waals surface area contributed by atoms with Gasteiger partial charge in [-0.2, -0.15) is 5.26 Å². The van der Waals surface area contributed by atoms with E-state index in [0.29, 0.717) is 23.5 Å². The van der Waals surface area contributed by atoms with Crippen molar-refractivity contribution in [2.24, 2.45) is 0 Å². The highest BCUT2D eigenvalue weighted by Gasteiger charge is 2.17. The monoisotopic (exact) mass is 290 g/mol. The van der Waals surface area contributed by atoms with Gasteiger partial charge in [-0.15, -0.1) is 0 Å². The minimum atomic E-state index is -0.644. The number of urea groups is 1. The van der Waals surface area contributed by atoms with Crippen LogP contribution in [-0.2, 0) is 4.79 Å². The fraction of sp³-hybridized carbons (Fsp3) is 0.357. The largest absolute Gasteiger partial charge is 0.495 e. The Labute approximate surface area is 123 Å². The molecule has 0 saturated heterocycles. The van der Waals surface area contributed by atoms with E-state index in [1.165, 1.54) is 7.11 Å². The van der Waals surface area contributed by atoms with Crippen LogP contribution in [-0.4, -0.2) is 31.6 Å². The molecule has 0 bridgehead atoms. The molecule has 21 heavy (non-hydrogen) atoms. The van der Waals surface area contributed by atoms with Crippen LogP contribution in [0.1, 0.15) is 19.4 Å². The lowest BCUT2D eigenvalue weighted by Gasteiger charge is -2.17. The van der Waals surface area contributed by atoms with Gasteiger partial charge in [0.1, 0.15) is 11.8 Å². The van der Waals surface area contributed by atoms with Gasteiger partial charge in [-0.3, -0.25) is 10.1 Å². The molecule has 0 radical (unpaired) electrons. The van der Waals surface area contributed by atoms with Gasteiger partial charge in [-0.1, -0.05) is 0 Å². The summed E-state index contributed by atoms with van der Waals surface area (Å²) in [4.78, 5) is 23.1. The summed E-state index contributed by atoms with van der Waals surface area (Å²) in [7, 11) is 1.47. The Kier molecular flexibility index (Phi) is 6.01. The minimum absolute atomic E-state index is 0.435. The molecule has 0 aliphatic carbocycles. The molecule has 0 fully saturated rings. The van der Waals surface area contributed by atoms with Crippen molar-refractivity contribution in [3.63, 3.8) is 0 Å². The molecule has 0 saturated carbocycles. The average molecular weight is 290 g/mol. The van der Waals surface area contributed by atoms with Crippen molar-refractivity contribution < 1.29 is 14.3 Å². The molecule has 0 aromatic heterocycles. The van der Waals surface area contributed by atoms with Crippen LogP contribution in [0.25, 0.3) is 0 Å². The van der Waals surface area contributed by atoms with Gasteiger partial charge >= 0.3 is 6.03 Å². The van der Waals surface area contributed by atoms with E-state index in [4.69, 9.17) is 10.00 Å². The number of rotatable bonds is 5. The summed E-state index contributed by atoms with van der Waals surface area (Å²) in [5.74, 6) is -0.0147. The minimum Gasteiger partial charge on any atom is -0.495 e. The molecule has 1 atom stereocenters. The van der Waals surface area contributed by atoms with E-state index in [2.05, 4.69) is 16.0 Å². The maximum absolute atomic E-state index is 11.8. The molecule has 1 unspecified atom stereocenters. The first-order valence-electron chi connectivity index (χ1n) is 6.45. The van der Waals surface area contributed by atoms with Gasteiger partial charge in [0, 0.05) is 12.6 Å². The summed E-state index contributed by atoms with van der Waals surface area (Å²) in [6.45, 7) is 3.81. The standard InChI is InChI=1S/C14H18N4O3/c1-4-16-14(20)18-13(19)9(2)17-11-6-5-10(8-15)7-12(11)21-3/h5-7,9,17H,4H2,1-3H3,(H2,16,18,19,20). The van der Waals surface area contributed by atoms with Crippen molar-refractivity contribution in [2.45, 2.75) is 19.9 Å². The highest BCUT2D eigenvalue weighted by Crippen LogP contribution is 2.25. The van der Waals surface area contributed by atoms with Crippen LogP contribution in [0.3, 0.4) is 0 Å². The third-order valence-electron chi connectivity index (χ3n) is 2.67. The number of anilines is 1. The molecule has 1 rings (SSSR count). The van der Waals surface area contributed by atoms with E-state index in [0.717, 1.165) is 0 Å². The van der Waals surface area contributed by atoms with Crippen LogP contribution < -0.4 is 20.7 Å². The number of hydrogen-bond donors (Lipinski definition) is 3. The quantitative estimate of drug-likeness (QED) is 0.756. The van der Waals surface area contributed by atoms with Gasteiger partial charge in [-0.05, 0) is 26.0 Å². The van der Waals surface area contributed by atoms with Crippen LogP contribution in [0.2, 0.25) is 0 Å². The van der Waals surface area contributed by atoms with Gasteiger partial charge in [0.2, 0.25) is 5.91 Å². The molecule has 1 aromatic rings. The summed E-state index contributed by atoms with van der Waals surface area (Å²) in [6, 6.07) is 5.64. The summed E-state index contributed by atoms with van der Waals surface area (Å²) in [5.41, 5.74) is 1.02. The molecule has 0 spiro atoms. The topological polar surface area (TPSA) is 103 Å². The van der Waals surface area contributed by atoms with Crippen LogP contribution >= 0.6 is 0 Å². The molecule has 1 aromatic carbocycles. The first-order valence-corrected chi connectivity index (χ1v) is 6.45. The van der Waals surface area contributed by atoms with Crippen molar-refractivity contribution in [3.8, 4) is 11.8 Å². The predicted octanol–water partition coefficient (Wildman–Crippen LogP) is 1.21. The van der Waals surface area contributed by atoms with Gasteiger partial charge < -0.3 is 15.4 Å². The van der Waals surface area contributed by atoms with E-state index < -0.39 is 18.0 Å². The molecule has 0 heterocycles. The number of amides is 3. The summed E-state index contributed by atoms with van der Waals surface area (Å²) < 4.78 is 5.16. The third-order valence-corrected chi connectivity index (χ3v) is 2.67. The number of nitrogens with one attached hydrogen (secondary N) is 3. The van der Waals surface area contributed by atoms with E-state index in [-0.39, 0.29) is 0 Å². The molecule has 3 N–H and O–H groups in total. The number of nitrogens with zero attached hydrogens (tertiary/aromatic N) is 1. The van der Waals surface area contributed by atoms with Crippen molar-refractivity contribution in [1.29, 1.82) is 5.26 Å². The van der Waals surface area contributed by atoms with Crippen LogP contribution in [0.5, 0.6) is 5.75 Å². The first kappa shape index (κ1) is 16.3. The zero-order valence-electron chi connectivity index (χ0n) is 12.2. The number of carbonyl (C=O) groups excluding carboxylic acids is 2. The maximum atomic E-state index is 11.8. The molecule has 0 aliphatic heterocycles. The average Bonchev–Trinajstić information content (AvgIpc) is 2.47. The number of carbonyl (C=O) groups is 2. The molecular formula is C14H18N4O3. The van der Waals surface area contributed by atoms with E-state index in [1.807, 2.05) is 6.07 Å². The summed E-state index contributed by atoms with van der Waals surface area (Å²) in [5, 5.41) is 16.5. The third kappa shape index (κ3) is 4.69. The fourth-order valence-electron chi connectivity index (χ4n) is 1.60. The van der Waals surface area contributed by atoms with E-state index in [9.17, 15) is 9.59 Å². The van der Waals surface area contributed by atoms with Crippen LogP contribution in [0.4, 0.5) is 10.5 Å². The van der Waals surface area contributed by atoms with Gasteiger partial charge in [0.15, 0.2) is 0 Å². The number of benzene rings is 1. The Balaban J connectivity index is 2.74. The number of hydrogen-bond acceptors (Lipinski definition) is 5. The summed E-state index contributed by atoms with van der Waals surface area (Å²) >= 11 is 0. The maximum Gasteiger partial charge on any atom is 0.321 e. The Morgan fingerprint density at radius 3 is 2.71 bits per heavy atom. The highest BCUT2D eigenvalue weighted by molar-refractivity contribution is 5.98. The second-order valence-corrected chi connectivity index (χ2v) is 4.24. The van der Waals surface area contributed by atoms with E-state index in [1.54, 1.807) is 32.0 Å². The van der Waals surface area contributed by atoms with Gasteiger partial charge in [0.25, 0.3) is 0 Å². The Morgan fingerprint density at radius 1 is 1.43 bits per heavy atom. The molecule has 7 nitrogen and oxygen atoms in total. The van der Waals surface area contributed by atoms with Crippen LogP contribution in [0, 0.1) is 11.3 Å². The number of methoxy groups -OCH3 is 1. The SMILES string of the molecule is CCNC(=O)NC(=O)C(C)Nc1ccc(C#N)cc1OC.